The molecule has 6 nitrogen and oxygen atoms in total. The predicted molar refractivity (Wildman–Crippen MR) is 73.3 cm³/mol. The molecule has 6 heteroatoms. The molecule has 1 saturated heterocycles. The second-order valence-electron chi connectivity index (χ2n) is 5.99. The van der Waals surface area contributed by atoms with Crippen LogP contribution in [0, 0.1) is 11.3 Å². The van der Waals surface area contributed by atoms with Crippen LogP contribution in [0.2, 0.25) is 0 Å². The largest absolute Gasteiger partial charge is 0.481 e. The van der Waals surface area contributed by atoms with Gasteiger partial charge in [-0.05, 0) is 38.7 Å². The molecule has 1 aliphatic rings. The SMILES string of the molecule is Cn1ccc(C(=O)N2CCCC(C(C)(C)C(=O)O)C2)n1. The van der Waals surface area contributed by atoms with Crippen molar-refractivity contribution in [2.75, 3.05) is 13.1 Å². The Kier molecular flexibility index (Phi) is 3.83. The topological polar surface area (TPSA) is 75.4 Å². The van der Waals surface area contributed by atoms with Gasteiger partial charge in [0.1, 0.15) is 5.69 Å². The second-order valence-corrected chi connectivity index (χ2v) is 5.99. The molecule has 1 amide bonds. The van der Waals surface area contributed by atoms with Crippen molar-refractivity contribution in [1.82, 2.24) is 14.7 Å². The third-order valence-electron chi connectivity index (χ3n) is 4.21. The van der Waals surface area contributed by atoms with Crippen LogP contribution in [0.5, 0.6) is 0 Å². The number of aliphatic carboxylic acids is 1. The van der Waals surface area contributed by atoms with Crippen LogP contribution in [0.4, 0.5) is 0 Å². The molecule has 1 aromatic rings. The van der Waals surface area contributed by atoms with Crippen molar-refractivity contribution in [1.29, 1.82) is 0 Å². The first kappa shape index (κ1) is 14.6. The Morgan fingerprint density at radius 2 is 2.15 bits per heavy atom. The van der Waals surface area contributed by atoms with Gasteiger partial charge < -0.3 is 10.0 Å². The monoisotopic (exact) mass is 279 g/mol. The van der Waals surface area contributed by atoms with Crippen molar-refractivity contribution in [3.8, 4) is 0 Å². The quantitative estimate of drug-likeness (QED) is 0.907. The summed E-state index contributed by atoms with van der Waals surface area (Å²) < 4.78 is 1.59. The van der Waals surface area contributed by atoms with E-state index in [1.165, 1.54) is 0 Å². The molecule has 110 valence electrons. The van der Waals surface area contributed by atoms with E-state index in [9.17, 15) is 14.7 Å². The lowest BCUT2D eigenvalue weighted by atomic mass is 9.74. The minimum atomic E-state index is -0.816. The number of amides is 1. The summed E-state index contributed by atoms with van der Waals surface area (Å²) in [6.07, 6.45) is 3.40. The fourth-order valence-electron chi connectivity index (χ4n) is 2.62. The van der Waals surface area contributed by atoms with Crippen LogP contribution in [0.3, 0.4) is 0 Å². The zero-order valence-electron chi connectivity index (χ0n) is 12.2. The normalized spacial score (nSPS) is 19.9. The van der Waals surface area contributed by atoms with E-state index in [1.807, 2.05) is 0 Å². The maximum absolute atomic E-state index is 12.4. The summed E-state index contributed by atoms with van der Waals surface area (Å²) in [6, 6.07) is 1.69. The molecule has 1 atom stereocenters. The fraction of sp³-hybridized carbons (Fsp3) is 0.643. The zero-order valence-corrected chi connectivity index (χ0v) is 12.2. The van der Waals surface area contributed by atoms with Gasteiger partial charge in [-0.25, -0.2) is 0 Å². The van der Waals surface area contributed by atoms with Gasteiger partial charge in [-0.2, -0.15) is 5.10 Å². The van der Waals surface area contributed by atoms with E-state index >= 15 is 0 Å². The summed E-state index contributed by atoms with van der Waals surface area (Å²) >= 11 is 0. The average molecular weight is 279 g/mol. The Labute approximate surface area is 118 Å². The second kappa shape index (κ2) is 5.26. The van der Waals surface area contributed by atoms with E-state index in [2.05, 4.69) is 5.10 Å². The molecule has 20 heavy (non-hydrogen) atoms. The number of hydrogen-bond acceptors (Lipinski definition) is 3. The number of carboxylic acids is 1. The molecular formula is C14H21N3O3. The Morgan fingerprint density at radius 1 is 1.45 bits per heavy atom. The van der Waals surface area contributed by atoms with Gasteiger partial charge in [0.25, 0.3) is 5.91 Å². The number of rotatable bonds is 3. The van der Waals surface area contributed by atoms with Crippen LogP contribution in [-0.2, 0) is 11.8 Å². The molecule has 2 rings (SSSR count). The highest BCUT2D eigenvalue weighted by Gasteiger charge is 2.40. The van der Waals surface area contributed by atoms with Crippen molar-refractivity contribution < 1.29 is 14.7 Å². The molecule has 1 fully saturated rings. The molecule has 0 radical (unpaired) electrons. The maximum atomic E-state index is 12.4. The van der Waals surface area contributed by atoms with E-state index in [4.69, 9.17) is 0 Å². The molecule has 1 N–H and O–H groups in total. The van der Waals surface area contributed by atoms with Crippen LogP contribution < -0.4 is 0 Å². The summed E-state index contributed by atoms with van der Waals surface area (Å²) in [7, 11) is 1.77. The van der Waals surface area contributed by atoms with Gasteiger partial charge in [-0.1, -0.05) is 0 Å². The van der Waals surface area contributed by atoms with Crippen molar-refractivity contribution in [2.45, 2.75) is 26.7 Å². The Balaban J connectivity index is 2.11. The average Bonchev–Trinajstić information content (AvgIpc) is 2.84. The van der Waals surface area contributed by atoms with Gasteiger partial charge in [0.2, 0.25) is 0 Å². The molecule has 1 unspecified atom stereocenters. The van der Waals surface area contributed by atoms with E-state index in [0.29, 0.717) is 18.8 Å². The first-order valence-corrected chi connectivity index (χ1v) is 6.84. The lowest BCUT2D eigenvalue weighted by Crippen LogP contribution is -2.47. The molecule has 2 heterocycles. The third kappa shape index (κ3) is 2.69. The van der Waals surface area contributed by atoms with Crippen LogP contribution in [0.15, 0.2) is 12.3 Å². The van der Waals surface area contributed by atoms with Gasteiger partial charge in [0.15, 0.2) is 0 Å². The van der Waals surface area contributed by atoms with E-state index in [1.54, 1.807) is 42.7 Å². The molecule has 0 bridgehead atoms. The van der Waals surface area contributed by atoms with Gasteiger partial charge in [0, 0.05) is 26.3 Å². The van der Waals surface area contributed by atoms with Crippen molar-refractivity contribution in [3.63, 3.8) is 0 Å². The van der Waals surface area contributed by atoms with E-state index < -0.39 is 11.4 Å². The number of piperidine rings is 1. The highest BCUT2D eigenvalue weighted by Crippen LogP contribution is 2.34. The molecule has 0 spiro atoms. The van der Waals surface area contributed by atoms with Crippen LogP contribution in [0.25, 0.3) is 0 Å². The summed E-state index contributed by atoms with van der Waals surface area (Å²) in [5.41, 5.74) is -0.399. The number of carboxylic acid groups (broad SMARTS) is 1. The minimum absolute atomic E-state index is 0.0265. The lowest BCUT2D eigenvalue weighted by Gasteiger charge is -2.39. The molecule has 0 aliphatic carbocycles. The van der Waals surface area contributed by atoms with Crippen molar-refractivity contribution >= 4 is 11.9 Å². The smallest absolute Gasteiger partial charge is 0.309 e. The molecule has 1 aliphatic heterocycles. The number of carbonyl (C=O) groups is 2. The van der Waals surface area contributed by atoms with Gasteiger partial charge in [-0.3, -0.25) is 14.3 Å². The number of aryl methyl sites for hydroxylation is 1. The van der Waals surface area contributed by atoms with Crippen LogP contribution in [0.1, 0.15) is 37.2 Å². The number of nitrogens with zero attached hydrogens (tertiary/aromatic N) is 3. The summed E-state index contributed by atoms with van der Waals surface area (Å²) in [6.45, 7) is 4.61. The number of likely N-dealkylation sites (tertiary alicyclic amines) is 1. The summed E-state index contributed by atoms with van der Waals surface area (Å²) in [5.74, 6) is -0.951. The summed E-state index contributed by atoms with van der Waals surface area (Å²) in [5, 5.41) is 13.4. The van der Waals surface area contributed by atoms with Crippen molar-refractivity contribution in [3.05, 3.63) is 18.0 Å². The first-order valence-electron chi connectivity index (χ1n) is 6.84. The summed E-state index contributed by atoms with van der Waals surface area (Å²) in [4.78, 5) is 25.4. The first-order chi connectivity index (χ1) is 9.32. The predicted octanol–water partition coefficient (Wildman–Crippen LogP) is 1.38. The van der Waals surface area contributed by atoms with E-state index in [0.717, 1.165) is 12.8 Å². The van der Waals surface area contributed by atoms with Gasteiger partial charge in [0.05, 0.1) is 5.41 Å². The standard InChI is InChI=1S/C14H21N3O3/c1-14(2,13(19)20)10-5-4-7-17(9-10)12(18)11-6-8-16(3)15-11/h6,8,10H,4-5,7,9H2,1-3H3,(H,19,20). The number of carbonyl (C=O) groups excluding carboxylic acids is 1. The number of hydrogen-bond donors (Lipinski definition) is 1. The van der Waals surface area contributed by atoms with Crippen molar-refractivity contribution in [2.24, 2.45) is 18.4 Å². The molecule has 0 aromatic carbocycles. The van der Waals surface area contributed by atoms with Gasteiger partial charge >= 0.3 is 5.97 Å². The molecule has 1 aromatic heterocycles. The third-order valence-corrected chi connectivity index (χ3v) is 4.21. The zero-order chi connectivity index (χ0) is 14.9. The van der Waals surface area contributed by atoms with Crippen LogP contribution in [-0.4, -0.2) is 44.8 Å². The lowest BCUT2D eigenvalue weighted by molar-refractivity contribution is -0.151. The highest BCUT2D eigenvalue weighted by atomic mass is 16.4. The fourth-order valence-corrected chi connectivity index (χ4v) is 2.62. The Hall–Kier alpha value is -1.85. The number of aromatic nitrogens is 2. The Morgan fingerprint density at radius 3 is 2.70 bits per heavy atom. The minimum Gasteiger partial charge on any atom is -0.481 e. The van der Waals surface area contributed by atoms with Crippen LogP contribution >= 0.6 is 0 Å². The molecule has 0 saturated carbocycles. The highest BCUT2D eigenvalue weighted by molar-refractivity contribution is 5.92. The maximum Gasteiger partial charge on any atom is 0.309 e. The Bertz CT molecular complexity index is 521. The van der Waals surface area contributed by atoms with Gasteiger partial charge in [-0.15, -0.1) is 0 Å². The van der Waals surface area contributed by atoms with E-state index in [-0.39, 0.29) is 11.8 Å². The molecular weight excluding hydrogens is 258 g/mol.